The molecule has 7 rings (SSSR count). The summed E-state index contributed by atoms with van der Waals surface area (Å²) in [5.74, 6) is -1.38. The van der Waals surface area contributed by atoms with Crippen LogP contribution in [-0.2, 0) is 11.8 Å². The third kappa shape index (κ3) is 6.52. The Balaban J connectivity index is 0.000000471. The molecule has 230 valence electrons. The summed E-state index contributed by atoms with van der Waals surface area (Å²) in [5.41, 5.74) is 5.75. The highest BCUT2D eigenvalue weighted by Gasteiger charge is 2.34. The number of amides is 1. The number of hydrogen-bond acceptors (Lipinski definition) is 3. The summed E-state index contributed by atoms with van der Waals surface area (Å²) in [6, 6.07) is 21.4. The van der Waals surface area contributed by atoms with E-state index in [1.54, 1.807) is 12.1 Å². The molecule has 0 spiro atoms. The number of carbonyl (C=O) groups is 2. The van der Waals surface area contributed by atoms with Crippen LogP contribution in [0.4, 0.5) is 14.5 Å². The first kappa shape index (κ1) is 30.7. The smallest absolute Gasteiger partial charge is 0.255 e. The molecule has 1 unspecified atom stereocenters. The average molecular weight is 613 g/mol. The van der Waals surface area contributed by atoms with E-state index >= 15 is 0 Å². The third-order valence-corrected chi connectivity index (χ3v) is 8.59. The van der Waals surface area contributed by atoms with E-state index in [1.807, 2.05) is 54.9 Å². The molecule has 2 aliphatic carbocycles. The molecule has 0 saturated carbocycles. The van der Waals surface area contributed by atoms with Gasteiger partial charge in [0.2, 0.25) is 0 Å². The molecule has 1 aliphatic heterocycles. The molecular weight excluding hydrogens is 578 g/mol. The second-order valence-corrected chi connectivity index (χ2v) is 12.2. The first-order valence-electron chi connectivity index (χ1n) is 15.3. The molecule has 1 amide bonds. The first-order valence-corrected chi connectivity index (χ1v) is 15.3. The molecular formula is C40H34F2N2O2. The number of rotatable bonds is 4. The fourth-order valence-electron chi connectivity index (χ4n) is 6.28. The van der Waals surface area contributed by atoms with Crippen molar-refractivity contribution in [3.05, 3.63) is 160 Å². The van der Waals surface area contributed by atoms with Gasteiger partial charge < -0.3 is 10.6 Å². The Kier molecular flexibility index (Phi) is 8.62. The maximum Gasteiger partial charge on any atom is 0.255 e. The molecule has 0 saturated heterocycles. The lowest BCUT2D eigenvalue weighted by atomic mass is 9.69. The van der Waals surface area contributed by atoms with Crippen LogP contribution in [0.15, 0.2) is 116 Å². The van der Waals surface area contributed by atoms with Crippen molar-refractivity contribution in [1.82, 2.24) is 5.32 Å². The normalized spacial score (nSPS) is 16.5. The maximum atomic E-state index is 13.5. The van der Waals surface area contributed by atoms with Gasteiger partial charge in [0.15, 0.2) is 5.78 Å². The van der Waals surface area contributed by atoms with Crippen LogP contribution in [0.3, 0.4) is 0 Å². The van der Waals surface area contributed by atoms with Crippen LogP contribution in [0.5, 0.6) is 0 Å². The average Bonchev–Trinajstić information content (AvgIpc) is 3.38. The molecule has 0 fully saturated rings. The van der Waals surface area contributed by atoms with Gasteiger partial charge in [0.05, 0.1) is 0 Å². The Morgan fingerprint density at radius 2 is 1.41 bits per heavy atom. The number of hydrogen-bond donors (Lipinski definition) is 2. The van der Waals surface area contributed by atoms with Gasteiger partial charge in [0, 0.05) is 35.1 Å². The number of allylic oxidation sites excluding steroid dienone is 4. The number of fused-ring (bicyclic) bond motifs is 5. The van der Waals surface area contributed by atoms with Gasteiger partial charge in [-0.1, -0.05) is 56.4 Å². The number of ketones is 1. The Bertz CT molecular complexity index is 2010. The fraction of sp³-hybridized carbons (Fsp3) is 0.150. The highest BCUT2D eigenvalue weighted by Crippen LogP contribution is 2.35. The van der Waals surface area contributed by atoms with Crippen molar-refractivity contribution in [2.75, 3.05) is 5.32 Å². The van der Waals surface area contributed by atoms with Crippen LogP contribution in [0, 0.1) is 17.6 Å². The largest absolute Gasteiger partial charge is 0.368 e. The number of Topliss-reactive ketones (excluding diaryl/α,β-unsaturated/α-hetero) is 1. The van der Waals surface area contributed by atoms with Crippen molar-refractivity contribution >= 4 is 29.5 Å². The van der Waals surface area contributed by atoms with Crippen LogP contribution < -0.4 is 21.1 Å². The number of halogens is 2. The lowest BCUT2D eigenvalue weighted by Gasteiger charge is -2.34. The van der Waals surface area contributed by atoms with Crippen molar-refractivity contribution < 1.29 is 18.4 Å². The van der Waals surface area contributed by atoms with E-state index in [4.69, 9.17) is 0 Å². The second kappa shape index (κ2) is 12.9. The lowest BCUT2D eigenvalue weighted by molar-refractivity contribution is 0.0933. The molecule has 4 nitrogen and oxygen atoms in total. The van der Waals surface area contributed by atoms with Crippen molar-refractivity contribution in [3.63, 3.8) is 0 Å². The van der Waals surface area contributed by atoms with Crippen LogP contribution in [-0.4, -0.2) is 11.7 Å². The van der Waals surface area contributed by atoms with Gasteiger partial charge in [-0.3, -0.25) is 9.59 Å². The molecule has 6 heteroatoms. The number of carbonyl (C=O) groups excluding carboxylic acids is 2. The van der Waals surface area contributed by atoms with E-state index < -0.39 is 5.82 Å². The minimum Gasteiger partial charge on any atom is -0.368 e. The highest BCUT2D eigenvalue weighted by atomic mass is 19.1. The number of benzene rings is 4. The summed E-state index contributed by atoms with van der Waals surface area (Å²) in [4.78, 5) is 26.2. The van der Waals surface area contributed by atoms with E-state index in [2.05, 4.69) is 48.8 Å². The summed E-state index contributed by atoms with van der Waals surface area (Å²) in [6.45, 7) is 4.33. The van der Waals surface area contributed by atoms with Gasteiger partial charge in [-0.15, -0.1) is 0 Å². The van der Waals surface area contributed by atoms with E-state index in [1.165, 1.54) is 42.0 Å². The SMILES string of the molecule is C1=CC=CNC=C1.CC1(C)CC(C(=O)c2ccc(F)cc2)C=c2c1ccc1c2=CCc2ccc(NC(=O)c3ccc(F)cc3)cc2-1. The van der Waals surface area contributed by atoms with Gasteiger partial charge in [0.1, 0.15) is 11.6 Å². The van der Waals surface area contributed by atoms with Gasteiger partial charge in [0.25, 0.3) is 5.91 Å². The van der Waals surface area contributed by atoms with E-state index in [0.717, 1.165) is 33.5 Å². The third-order valence-electron chi connectivity index (χ3n) is 8.59. The molecule has 0 bridgehead atoms. The zero-order chi connectivity index (χ0) is 32.3. The zero-order valence-corrected chi connectivity index (χ0v) is 25.7. The van der Waals surface area contributed by atoms with Gasteiger partial charge in [-0.2, -0.15) is 0 Å². The fourth-order valence-corrected chi connectivity index (χ4v) is 6.28. The van der Waals surface area contributed by atoms with Crippen LogP contribution >= 0.6 is 0 Å². The molecule has 4 aromatic carbocycles. The molecule has 4 aromatic rings. The summed E-state index contributed by atoms with van der Waals surface area (Å²) in [5, 5.41) is 8.01. The van der Waals surface area contributed by atoms with Gasteiger partial charge in [-0.05, 0) is 124 Å². The summed E-state index contributed by atoms with van der Waals surface area (Å²) in [6.07, 6.45) is 17.3. The van der Waals surface area contributed by atoms with Crippen molar-refractivity contribution in [1.29, 1.82) is 0 Å². The molecule has 1 atom stereocenters. The van der Waals surface area contributed by atoms with Crippen molar-refractivity contribution in [3.8, 4) is 11.1 Å². The highest BCUT2D eigenvalue weighted by molar-refractivity contribution is 6.04. The van der Waals surface area contributed by atoms with Gasteiger partial charge in [-0.25, -0.2) is 8.78 Å². The molecule has 3 aliphatic rings. The topological polar surface area (TPSA) is 58.2 Å². The minimum absolute atomic E-state index is 0.00618. The van der Waals surface area contributed by atoms with Crippen LogP contribution in [0.1, 0.15) is 52.1 Å². The first-order chi connectivity index (χ1) is 22.2. The van der Waals surface area contributed by atoms with E-state index in [9.17, 15) is 18.4 Å². The molecule has 0 radical (unpaired) electrons. The Labute approximate surface area is 267 Å². The minimum atomic E-state index is -0.391. The van der Waals surface area contributed by atoms with Crippen molar-refractivity contribution in [2.24, 2.45) is 5.92 Å². The van der Waals surface area contributed by atoms with Gasteiger partial charge >= 0.3 is 0 Å². The second-order valence-electron chi connectivity index (χ2n) is 12.2. The van der Waals surface area contributed by atoms with Crippen molar-refractivity contribution in [2.45, 2.75) is 32.1 Å². The van der Waals surface area contributed by atoms with E-state index in [-0.39, 0.29) is 28.8 Å². The summed E-state index contributed by atoms with van der Waals surface area (Å²) < 4.78 is 26.7. The summed E-state index contributed by atoms with van der Waals surface area (Å²) >= 11 is 0. The standard InChI is InChI=1S/C34H27F2NO2.C6H7N/c1-34(2)19-23(32(38)21-3-9-24(35)10-4-21)17-30-28-14-8-20-7-13-26(18-29(20)27(28)15-16-31(30)34)37-33(39)22-5-11-25(36)12-6-22;1-2-4-6-7-5-3-1/h3-7,9-18,23H,8,19H2,1-2H3,(H,37,39);1-7H. The summed E-state index contributed by atoms with van der Waals surface area (Å²) in [7, 11) is 0. The Morgan fingerprint density at radius 1 is 0.761 bits per heavy atom. The molecule has 2 N–H and O–H groups in total. The maximum absolute atomic E-state index is 13.5. The van der Waals surface area contributed by atoms with E-state index in [0.29, 0.717) is 23.2 Å². The lowest BCUT2D eigenvalue weighted by Crippen LogP contribution is -2.43. The predicted octanol–water partition coefficient (Wildman–Crippen LogP) is 7.35. The predicted molar refractivity (Wildman–Crippen MR) is 181 cm³/mol. The quantitative estimate of drug-likeness (QED) is 0.237. The Hall–Kier alpha value is -5.36. The Morgan fingerprint density at radius 3 is 2.09 bits per heavy atom. The molecule has 1 heterocycles. The van der Waals surface area contributed by atoms with Crippen LogP contribution in [0.2, 0.25) is 0 Å². The number of anilines is 1. The van der Waals surface area contributed by atoms with Crippen LogP contribution in [0.25, 0.3) is 23.3 Å². The zero-order valence-electron chi connectivity index (χ0n) is 25.7. The molecule has 46 heavy (non-hydrogen) atoms. The number of nitrogens with one attached hydrogen (secondary N) is 2. The molecule has 0 aromatic heterocycles. The monoisotopic (exact) mass is 612 g/mol.